The molecule has 0 aliphatic heterocycles. The summed E-state index contributed by atoms with van der Waals surface area (Å²) < 4.78 is 0. The van der Waals surface area contributed by atoms with Crippen LogP contribution >= 0.6 is 11.8 Å². The van der Waals surface area contributed by atoms with Crippen LogP contribution in [0.1, 0.15) is 64.7 Å². The van der Waals surface area contributed by atoms with Crippen molar-refractivity contribution >= 4 is 11.8 Å². The Kier molecular flexibility index (Phi) is 5.84. The van der Waals surface area contributed by atoms with E-state index in [4.69, 9.17) is 0 Å². The van der Waals surface area contributed by atoms with Crippen molar-refractivity contribution in [3.05, 3.63) is 0 Å². The summed E-state index contributed by atoms with van der Waals surface area (Å²) in [4.78, 5) is 0. The summed E-state index contributed by atoms with van der Waals surface area (Å²) in [7, 11) is 0. The first-order valence-corrected chi connectivity index (χ1v) is 8.73. The van der Waals surface area contributed by atoms with Gasteiger partial charge in [0.05, 0.1) is 6.61 Å². The summed E-state index contributed by atoms with van der Waals surface area (Å²) in [5, 5.41) is 15.1. The number of aliphatic hydroxyl groups is 1. The summed E-state index contributed by atoms with van der Waals surface area (Å²) in [6.07, 6.45) is 11.8. The molecule has 0 aromatic carbocycles. The van der Waals surface area contributed by atoms with E-state index in [1.807, 2.05) is 0 Å². The van der Waals surface area contributed by atoms with Crippen molar-refractivity contribution in [1.82, 2.24) is 5.32 Å². The summed E-state index contributed by atoms with van der Waals surface area (Å²) >= 11 is 2.23. The van der Waals surface area contributed by atoms with Crippen LogP contribution in [0, 0.1) is 0 Å². The molecule has 3 heteroatoms. The zero-order valence-corrected chi connectivity index (χ0v) is 12.6. The van der Waals surface area contributed by atoms with Crippen molar-refractivity contribution in [2.24, 2.45) is 0 Å². The Balaban J connectivity index is 1.84. The second kappa shape index (κ2) is 7.16. The normalized spacial score (nSPS) is 34.0. The number of thioether (sulfide) groups is 1. The van der Waals surface area contributed by atoms with Crippen LogP contribution in [-0.2, 0) is 0 Å². The van der Waals surface area contributed by atoms with Gasteiger partial charge in [-0.05, 0) is 45.1 Å². The Morgan fingerprint density at radius 3 is 2.56 bits per heavy atom. The molecule has 2 rings (SSSR count). The topological polar surface area (TPSA) is 32.3 Å². The Bertz CT molecular complexity index is 243. The van der Waals surface area contributed by atoms with Crippen molar-refractivity contribution in [2.75, 3.05) is 13.2 Å². The molecule has 0 aromatic rings. The van der Waals surface area contributed by atoms with Crippen molar-refractivity contribution < 1.29 is 5.11 Å². The molecule has 106 valence electrons. The van der Waals surface area contributed by atoms with Gasteiger partial charge in [0.15, 0.2) is 0 Å². The molecule has 0 bridgehead atoms. The van der Waals surface area contributed by atoms with Crippen LogP contribution in [0.25, 0.3) is 0 Å². The van der Waals surface area contributed by atoms with Gasteiger partial charge in [-0.15, -0.1) is 0 Å². The van der Waals surface area contributed by atoms with Crippen molar-refractivity contribution in [1.29, 1.82) is 0 Å². The van der Waals surface area contributed by atoms with Crippen molar-refractivity contribution in [3.8, 4) is 0 Å². The second-order valence-electron chi connectivity index (χ2n) is 6.13. The summed E-state index contributed by atoms with van der Waals surface area (Å²) in [5.41, 5.74) is 0.0323. The molecular weight excluding hydrogens is 242 g/mol. The summed E-state index contributed by atoms with van der Waals surface area (Å²) in [6.45, 7) is 3.56. The molecule has 18 heavy (non-hydrogen) atoms. The highest BCUT2D eigenvalue weighted by Crippen LogP contribution is 2.40. The van der Waals surface area contributed by atoms with Crippen LogP contribution in [0.5, 0.6) is 0 Å². The molecule has 2 nitrogen and oxygen atoms in total. The Morgan fingerprint density at radius 1 is 1.17 bits per heavy atom. The zero-order valence-electron chi connectivity index (χ0n) is 11.8. The number of nitrogens with one attached hydrogen (secondary N) is 1. The minimum atomic E-state index is 0.0323. The van der Waals surface area contributed by atoms with Gasteiger partial charge in [0, 0.05) is 16.0 Å². The summed E-state index contributed by atoms with van der Waals surface area (Å²) in [6, 6.07) is 0. The van der Waals surface area contributed by atoms with Crippen LogP contribution in [0.4, 0.5) is 0 Å². The van der Waals surface area contributed by atoms with Gasteiger partial charge in [-0.3, -0.25) is 0 Å². The van der Waals surface area contributed by atoms with Gasteiger partial charge in [0.25, 0.3) is 0 Å². The highest BCUT2D eigenvalue weighted by molar-refractivity contribution is 8.00. The van der Waals surface area contributed by atoms with E-state index in [2.05, 4.69) is 24.0 Å². The largest absolute Gasteiger partial charge is 0.394 e. The monoisotopic (exact) mass is 271 g/mol. The van der Waals surface area contributed by atoms with E-state index in [0.29, 0.717) is 6.61 Å². The van der Waals surface area contributed by atoms with Crippen molar-refractivity contribution in [3.63, 3.8) is 0 Å². The van der Waals surface area contributed by atoms with E-state index >= 15 is 0 Å². The number of hydrogen-bond donors (Lipinski definition) is 2. The average Bonchev–Trinajstić information content (AvgIpc) is 2.90. The number of aliphatic hydroxyl groups excluding tert-OH is 1. The third-order valence-corrected chi connectivity index (χ3v) is 6.18. The van der Waals surface area contributed by atoms with Crippen LogP contribution < -0.4 is 5.32 Å². The van der Waals surface area contributed by atoms with Gasteiger partial charge < -0.3 is 10.4 Å². The maximum Gasteiger partial charge on any atom is 0.0613 e. The van der Waals surface area contributed by atoms with Crippen LogP contribution in [-0.4, -0.2) is 34.3 Å². The van der Waals surface area contributed by atoms with E-state index in [0.717, 1.165) is 29.9 Å². The predicted molar refractivity (Wildman–Crippen MR) is 80.2 cm³/mol. The molecule has 0 aromatic heterocycles. The lowest BCUT2D eigenvalue weighted by Crippen LogP contribution is -2.52. The highest BCUT2D eigenvalue weighted by Gasteiger charge is 2.36. The van der Waals surface area contributed by atoms with E-state index in [9.17, 15) is 5.11 Å². The summed E-state index contributed by atoms with van der Waals surface area (Å²) in [5.74, 6) is 0. The molecule has 2 aliphatic carbocycles. The molecule has 2 fully saturated rings. The minimum absolute atomic E-state index is 0.0323. The molecule has 2 aliphatic rings. The SMILES string of the molecule is CCCNC1(CO)CCCC(SC2CCCC2)C1. The predicted octanol–water partition coefficient (Wildman–Crippen LogP) is 3.34. The fraction of sp³-hybridized carbons (Fsp3) is 1.00. The molecule has 0 heterocycles. The molecule has 0 saturated heterocycles. The van der Waals surface area contributed by atoms with Gasteiger partial charge in [0.1, 0.15) is 0 Å². The molecule has 0 amide bonds. The van der Waals surface area contributed by atoms with Gasteiger partial charge in [-0.1, -0.05) is 26.2 Å². The second-order valence-corrected chi connectivity index (χ2v) is 7.73. The van der Waals surface area contributed by atoms with Gasteiger partial charge in [0.2, 0.25) is 0 Å². The maximum absolute atomic E-state index is 9.78. The Labute approximate surface area is 116 Å². The van der Waals surface area contributed by atoms with Gasteiger partial charge in [-0.25, -0.2) is 0 Å². The van der Waals surface area contributed by atoms with E-state index < -0.39 is 0 Å². The van der Waals surface area contributed by atoms with Crippen LogP contribution in [0.15, 0.2) is 0 Å². The third-order valence-electron chi connectivity index (χ3n) is 4.54. The van der Waals surface area contributed by atoms with Crippen LogP contribution in [0.2, 0.25) is 0 Å². The zero-order chi connectivity index (χ0) is 12.8. The molecule has 2 saturated carbocycles. The average molecular weight is 271 g/mol. The van der Waals surface area contributed by atoms with Crippen molar-refractivity contribution in [2.45, 2.75) is 80.7 Å². The third kappa shape index (κ3) is 3.88. The molecule has 0 spiro atoms. The minimum Gasteiger partial charge on any atom is -0.394 e. The first-order valence-electron chi connectivity index (χ1n) is 7.79. The fourth-order valence-electron chi connectivity index (χ4n) is 3.47. The Morgan fingerprint density at radius 2 is 1.89 bits per heavy atom. The first kappa shape index (κ1) is 14.7. The highest BCUT2D eigenvalue weighted by atomic mass is 32.2. The molecule has 2 N–H and O–H groups in total. The van der Waals surface area contributed by atoms with Gasteiger partial charge >= 0.3 is 0 Å². The molecular formula is C15H29NOS. The molecule has 2 unspecified atom stereocenters. The van der Waals surface area contributed by atoms with Gasteiger partial charge in [-0.2, -0.15) is 11.8 Å². The lowest BCUT2D eigenvalue weighted by molar-refractivity contribution is 0.124. The van der Waals surface area contributed by atoms with E-state index in [-0.39, 0.29) is 5.54 Å². The standard InChI is InChI=1S/C15H29NOS/c1-2-10-16-15(12-17)9-5-8-14(11-15)18-13-6-3-4-7-13/h13-14,16-17H,2-12H2,1H3. The smallest absolute Gasteiger partial charge is 0.0613 e. The molecule has 2 atom stereocenters. The lowest BCUT2D eigenvalue weighted by atomic mass is 9.82. The van der Waals surface area contributed by atoms with E-state index in [1.165, 1.54) is 44.9 Å². The maximum atomic E-state index is 9.78. The van der Waals surface area contributed by atoms with E-state index in [1.54, 1.807) is 0 Å². The fourth-order valence-corrected chi connectivity index (χ4v) is 5.34. The van der Waals surface area contributed by atoms with Crippen LogP contribution in [0.3, 0.4) is 0 Å². The molecule has 0 radical (unpaired) electrons. The number of rotatable bonds is 6. The lowest BCUT2D eigenvalue weighted by Gasteiger charge is -2.41. The number of hydrogen-bond acceptors (Lipinski definition) is 3. The quantitative estimate of drug-likeness (QED) is 0.777. The first-order chi connectivity index (χ1) is 8.78. The Hall–Kier alpha value is 0.270.